The average Bonchev–Trinajstić information content (AvgIpc) is 3.02. The number of hydrogen-bond acceptors (Lipinski definition) is 3. The van der Waals surface area contributed by atoms with Crippen molar-refractivity contribution in [1.29, 1.82) is 0 Å². The van der Waals surface area contributed by atoms with Crippen molar-refractivity contribution in [2.24, 2.45) is 5.92 Å². The molecule has 3 rings (SSSR count). The average molecular weight is 294 g/mol. The van der Waals surface area contributed by atoms with Gasteiger partial charge in [0.25, 0.3) is 0 Å². The number of rotatable bonds is 6. The van der Waals surface area contributed by atoms with Gasteiger partial charge in [0.15, 0.2) is 0 Å². The van der Waals surface area contributed by atoms with E-state index in [1.807, 2.05) is 0 Å². The molecular formula is C18H34N2O. The van der Waals surface area contributed by atoms with Gasteiger partial charge in [0.05, 0.1) is 12.7 Å². The highest BCUT2D eigenvalue weighted by atomic mass is 16.5. The molecule has 2 N–H and O–H groups in total. The van der Waals surface area contributed by atoms with Gasteiger partial charge in [-0.15, -0.1) is 0 Å². The van der Waals surface area contributed by atoms with Crippen molar-refractivity contribution in [3.8, 4) is 0 Å². The summed E-state index contributed by atoms with van der Waals surface area (Å²) in [5.41, 5.74) is 0. The van der Waals surface area contributed by atoms with E-state index < -0.39 is 0 Å². The quantitative estimate of drug-likeness (QED) is 0.738. The standard InChI is InChI=1S/C18H34N2O/c1-2-7-15(8-3-1)21-14-13-20-18-11-6-9-16(18)17-10-4-5-12-19-17/h15-20H,1-14H2. The number of nitrogens with one attached hydrogen (secondary N) is 2. The van der Waals surface area contributed by atoms with Gasteiger partial charge in [-0.1, -0.05) is 32.1 Å². The zero-order valence-electron chi connectivity index (χ0n) is 13.6. The van der Waals surface area contributed by atoms with E-state index in [1.165, 1.54) is 77.2 Å². The van der Waals surface area contributed by atoms with Gasteiger partial charge in [-0.05, 0) is 51.0 Å². The van der Waals surface area contributed by atoms with Crippen molar-refractivity contribution >= 4 is 0 Å². The van der Waals surface area contributed by atoms with E-state index in [0.29, 0.717) is 6.10 Å². The molecule has 0 aromatic rings. The fraction of sp³-hybridized carbons (Fsp3) is 1.00. The van der Waals surface area contributed by atoms with Crippen molar-refractivity contribution in [3.05, 3.63) is 0 Å². The molecule has 21 heavy (non-hydrogen) atoms. The van der Waals surface area contributed by atoms with Gasteiger partial charge in [-0.2, -0.15) is 0 Å². The molecule has 1 heterocycles. The highest BCUT2D eigenvalue weighted by Crippen LogP contribution is 2.31. The molecule has 0 spiro atoms. The molecule has 0 aromatic carbocycles. The fourth-order valence-corrected chi connectivity index (χ4v) is 4.67. The van der Waals surface area contributed by atoms with Crippen LogP contribution in [0.2, 0.25) is 0 Å². The minimum atomic E-state index is 0.555. The van der Waals surface area contributed by atoms with Crippen LogP contribution < -0.4 is 10.6 Å². The summed E-state index contributed by atoms with van der Waals surface area (Å²) in [5.74, 6) is 0.861. The first-order valence-electron chi connectivity index (χ1n) is 9.52. The zero-order chi connectivity index (χ0) is 14.3. The third-order valence-electron chi connectivity index (χ3n) is 5.85. The third kappa shape index (κ3) is 4.67. The maximum atomic E-state index is 6.05. The third-order valence-corrected chi connectivity index (χ3v) is 5.85. The van der Waals surface area contributed by atoms with Crippen LogP contribution in [0, 0.1) is 5.92 Å². The Morgan fingerprint density at radius 3 is 2.52 bits per heavy atom. The van der Waals surface area contributed by atoms with Crippen molar-refractivity contribution in [2.45, 2.75) is 88.8 Å². The van der Waals surface area contributed by atoms with Crippen molar-refractivity contribution in [3.63, 3.8) is 0 Å². The summed E-state index contributed by atoms with van der Waals surface area (Å²) >= 11 is 0. The summed E-state index contributed by atoms with van der Waals surface area (Å²) < 4.78 is 6.05. The summed E-state index contributed by atoms with van der Waals surface area (Å²) in [6.07, 6.45) is 15.7. The first-order valence-corrected chi connectivity index (χ1v) is 9.52. The highest BCUT2D eigenvalue weighted by molar-refractivity contribution is 4.92. The highest BCUT2D eigenvalue weighted by Gasteiger charge is 2.33. The molecule has 2 saturated carbocycles. The number of hydrogen-bond donors (Lipinski definition) is 2. The smallest absolute Gasteiger partial charge is 0.0594 e. The van der Waals surface area contributed by atoms with Gasteiger partial charge in [0.2, 0.25) is 0 Å². The van der Waals surface area contributed by atoms with Crippen molar-refractivity contribution in [2.75, 3.05) is 19.7 Å². The predicted octanol–water partition coefficient (Wildman–Crippen LogP) is 3.24. The summed E-state index contributed by atoms with van der Waals surface area (Å²) in [4.78, 5) is 0. The maximum Gasteiger partial charge on any atom is 0.0594 e. The Bertz CT molecular complexity index is 285. The van der Waals surface area contributed by atoms with Crippen LogP contribution in [0.3, 0.4) is 0 Å². The molecule has 3 atom stereocenters. The molecule has 1 aliphatic heterocycles. The van der Waals surface area contributed by atoms with Crippen LogP contribution >= 0.6 is 0 Å². The summed E-state index contributed by atoms with van der Waals surface area (Å²) in [6, 6.07) is 1.51. The van der Waals surface area contributed by atoms with Gasteiger partial charge in [-0.25, -0.2) is 0 Å². The fourth-order valence-electron chi connectivity index (χ4n) is 4.67. The van der Waals surface area contributed by atoms with Crippen LogP contribution in [-0.4, -0.2) is 37.9 Å². The molecule has 3 aliphatic rings. The van der Waals surface area contributed by atoms with Gasteiger partial charge in [0, 0.05) is 18.6 Å². The van der Waals surface area contributed by atoms with Gasteiger partial charge in [0.1, 0.15) is 0 Å². The van der Waals surface area contributed by atoms with Crippen molar-refractivity contribution in [1.82, 2.24) is 10.6 Å². The molecule has 3 nitrogen and oxygen atoms in total. The van der Waals surface area contributed by atoms with Gasteiger partial charge >= 0.3 is 0 Å². The largest absolute Gasteiger partial charge is 0.377 e. The van der Waals surface area contributed by atoms with Crippen LogP contribution in [-0.2, 0) is 4.74 Å². The summed E-state index contributed by atoms with van der Waals surface area (Å²) in [5, 5.41) is 7.57. The lowest BCUT2D eigenvalue weighted by Crippen LogP contribution is -2.47. The number of ether oxygens (including phenoxy) is 1. The minimum Gasteiger partial charge on any atom is -0.377 e. The lowest BCUT2D eigenvalue weighted by molar-refractivity contribution is 0.0286. The predicted molar refractivity (Wildman–Crippen MR) is 87.6 cm³/mol. The molecule has 0 amide bonds. The molecule has 3 fully saturated rings. The van der Waals surface area contributed by atoms with E-state index in [4.69, 9.17) is 4.74 Å². The topological polar surface area (TPSA) is 33.3 Å². The molecular weight excluding hydrogens is 260 g/mol. The Kier molecular flexibility index (Phi) is 6.38. The lowest BCUT2D eigenvalue weighted by Gasteiger charge is -2.33. The van der Waals surface area contributed by atoms with Gasteiger partial charge in [-0.3, -0.25) is 0 Å². The van der Waals surface area contributed by atoms with Crippen LogP contribution in [0.15, 0.2) is 0 Å². The second-order valence-corrected chi connectivity index (χ2v) is 7.34. The van der Waals surface area contributed by atoms with E-state index in [1.54, 1.807) is 0 Å². The Balaban J connectivity index is 1.33. The molecule has 2 aliphatic carbocycles. The summed E-state index contributed by atoms with van der Waals surface area (Å²) in [7, 11) is 0. The van der Waals surface area contributed by atoms with Crippen LogP contribution in [0.4, 0.5) is 0 Å². The van der Waals surface area contributed by atoms with E-state index >= 15 is 0 Å². The molecule has 3 heteroatoms. The molecule has 0 bridgehead atoms. The summed E-state index contributed by atoms with van der Waals surface area (Å²) in [6.45, 7) is 3.19. The monoisotopic (exact) mass is 294 g/mol. The Morgan fingerprint density at radius 1 is 0.857 bits per heavy atom. The molecule has 0 aromatic heterocycles. The van der Waals surface area contributed by atoms with Crippen molar-refractivity contribution < 1.29 is 4.74 Å². The van der Waals surface area contributed by atoms with E-state index in [-0.39, 0.29) is 0 Å². The Morgan fingerprint density at radius 2 is 1.71 bits per heavy atom. The lowest BCUT2D eigenvalue weighted by atomic mass is 9.88. The normalized spacial score (nSPS) is 35.1. The SMILES string of the molecule is C1CCC(OCCNC2CCCC2C2CCCCN2)CC1. The van der Waals surface area contributed by atoms with E-state index in [9.17, 15) is 0 Å². The molecule has 0 radical (unpaired) electrons. The van der Waals surface area contributed by atoms with Crippen LogP contribution in [0.1, 0.15) is 70.6 Å². The second kappa shape index (κ2) is 8.50. The minimum absolute atomic E-state index is 0.555. The first-order chi connectivity index (χ1) is 10.4. The maximum absolute atomic E-state index is 6.05. The Labute approximate surface area is 130 Å². The molecule has 1 saturated heterocycles. The number of piperidine rings is 1. The molecule has 122 valence electrons. The van der Waals surface area contributed by atoms with Crippen LogP contribution in [0.5, 0.6) is 0 Å². The van der Waals surface area contributed by atoms with E-state index in [0.717, 1.165) is 31.2 Å². The molecule has 3 unspecified atom stereocenters. The van der Waals surface area contributed by atoms with Crippen LogP contribution in [0.25, 0.3) is 0 Å². The van der Waals surface area contributed by atoms with Gasteiger partial charge < -0.3 is 15.4 Å². The zero-order valence-corrected chi connectivity index (χ0v) is 13.6. The second-order valence-electron chi connectivity index (χ2n) is 7.34. The Hall–Kier alpha value is -0.120. The first kappa shape index (κ1) is 15.8. The van der Waals surface area contributed by atoms with E-state index in [2.05, 4.69) is 10.6 Å².